The van der Waals surface area contributed by atoms with E-state index >= 15 is 0 Å². The van der Waals surface area contributed by atoms with E-state index in [9.17, 15) is 19.5 Å². The van der Waals surface area contributed by atoms with Crippen LogP contribution >= 0.6 is 27.7 Å². The smallest absolute Gasteiger partial charge is 0.248 e. The Morgan fingerprint density at radius 2 is 1.78 bits per heavy atom. The van der Waals surface area contributed by atoms with Crippen LogP contribution in [0.4, 0.5) is 0 Å². The van der Waals surface area contributed by atoms with Gasteiger partial charge in [0.2, 0.25) is 17.7 Å². The van der Waals surface area contributed by atoms with Gasteiger partial charge in [-0.3, -0.25) is 14.4 Å². The lowest BCUT2D eigenvalue weighted by Gasteiger charge is -2.38. The van der Waals surface area contributed by atoms with Crippen LogP contribution in [0.3, 0.4) is 0 Å². The van der Waals surface area contributed by atoms with Crippen LogP contribution in [-0.4, -0.2) is 99.6 Å². The fourth-order valence-corrected chi connectivity index (χ4v) is 10.9. The highest BCUT2D eigenvalue weighted by Crippen LogP contribution is 2.68. The summed E-state index contributed by atoms with van der Waals surface area (Å²) in [5.74, 6) is -1.80. The van der Waals surface area contributed by atoms with Gasteiger partial charge in [-0.25, -0.2) is 4.68 Å². The summed E-state index contributed by atoms with van der Waals surface area (Å²) in [6, 6.07) is 16.5. The zero-order chi connectivity index (χ0) is 31.7. The normalized spacial score (nSPS) is 26.7. The van der Waals surface area contributed by atoms with E-state index in [-0.39, 0.29) is 54.2 Å². The molecule has 0 saturated carbocycles. The molecule has 3 fully saturated rings. The molecule has 1 spiro atoms. The van der Waals surface area contributed by atoms with E-state index in [1.165, 1.54) is 0 Å². The van der Waals surface area contributed by atoms with E-state index in [1.807, 2.05) is 54.6 Å². The topological polar surface area (TPSA) is 112 Å². The number of benzene rings is 2. The number of carbonyl (C=O) groups excluding carboxylic acids is 3. The van der Waals surface area contributed by atoms with Crippen molar-refractivity contribution in [2.45, 2.75) is 46.9 Å². The Bertz CT molecular complexity index is 1600. The van der Waals surface area contributed by atoms with Gasteiger partial charge in [0, 0.05) is 42.9 Å². The van der Waals surface area contributed by atoms with E-state index in [1.54, 1.807) is 43.3 Å². The number of amides is 3. The average Bonchev–Trinajstić information content (AvgIpc) is 3.76. The number of alkyl halides is 1. The van der Waals surface area contributed by atoms with Crippen molar-refractivity contribution >= 4 is 56.4 Å². The minimum absolute atomic E-state index is 0.0528. The SMILES string of the molecule is C=CCN(Cn1nnc2ccccc21)C(=O)C1N(CCCO)C(=O)[C@@H]2[C@H](C(=O)N(CC=C)Cc3ccccc3)[C@H]3SC12CC3Br. The monoisotopic (exact) mass is 692 g/mol. The second-order valence-corrected chi connectivity index (χ2v) is 14.6. The van der Waals surface area contributed by atoms with Gasteiger partial charge >= 0.3 is 0 Å². The Balaban J connectivity index is 1.36. The quantitative estimate of drug-likeness (QED) is 0.216. The molecule has 3 aliphatic rings. The number of nitrogens with zero attached hydrogens (tertiary/aromatic N) is 6. The molecule has 1 N–H and O–H groups in total. The molecule has 236 valence electrons. The van der Waals surface area contributed by atoms with Crippen LogP contribution in [0.25, 0.3) is 11.0 Å². The van der Waals surface area contributed by atoms with Gasteiger partial charge in [-0.2, -0.15) is 0 Å². The van der Waals surface area contributed by atoms with Crippen LogP contribution in [0, 0.1) is 11.8 Å². The predicted molar refractivity (Wildman–Crippen MR) is 177 cm³/mol. The molecule has 3 aliphatic heterocycles. The molecule has 10 nitrogen and oxygen atoms in total. The second-order valence-electron chi connectivity index (χ2n) is 11.8. The van der Waals surface area contributed by atoms with Gasteiger partial charge in [-0.15, -0.1) is 30.0 Å². The van der Waals surface area contributed by atoms with Gasteiger partial charge in [0.15, 0.2) is 0 Å². The first-order valence-corrected chi connectivity index (χ1v) is 17.0. The molecule has 3 amide bonds. The number of halogens is 1. The number of aliphatic hydroxyl groups excluding tert-OH is 1. The number of fused-ring (bicyclic) bond motifs is 2. The van der Waals surface area contributed by atoms with Crippen LogP contribution in [0.1, 0.15) is 18.4 Å². The van der Waals surface area contributed by atoms with Gasteiger partial charge < -0.3 is 19.8 Å². The number of carbonyl (C=O) groups is 3. The van der Waals surface area contributed by atoms with Crippen LogP contribution in [0.2, 0.25) is 0 Å². The lowest BCUT2D eigenvalue weighted by atomic mass is 9.70. The number of rotatable bonds is 13. The van der Waals surface area contributed by atoms with Gasteiger partial charge in [-0.1, -0.05) is 75.8 Å². The molecule has 3 saturated heterocycles. The summed E-state index contributed by atoms with van der Waals surface area (Å²) in [5.41, 5.74) is 2.50. The molecule has 6 atom stereocenters. The molecule has 6 rings (SSSR count). The third-order valence-electron chi connectivity index (χ3n) is 9.13. The largest absolute Gasteiger partial charge is 0.396 e. The maximum atomic E-state index is 14.7. The first-order valence-electron chi connectivity index (χ1n) is 15.2. The minimum atomic E-state index is -0.814. The van der Waals surface area contributed by atoms with Crippen molar-refractivity contribution in [3.8, 4) is 0 Å². The van der Waals surface area contributed by atoms with Crippen molar-refractivity contribution in [1.82, 2.24) is 29.7 Å². The van der Waals surface area contributed by atoms with Crippen LogP contribution in [0.5, 0.6) is 0 Å². The first-order chi connectivity index (χ1) is 21.8. The Morgan fingerprint density at radius 1 is 1.07 bits per heavy atom. The zero-order valence-corrected chi connectivity index (χ0v) is 27.4. The molecule has 12 heteroatoms. The zero-order valence-electron chi connectivity index (χ0n) is 25.0. The number of aromatic nitrogens is 3. The van der Waals surface area contributed by atoms with Crippen LogP contribution < -0.4 is 0 Å². The fourth-order valence-electron chi connectivity index (χ4n) is 7.31. The summed E-state index contributed by atoms with van der Waals surface area (Å²) in [6.07, 6.45) is 4.27. The van der Waals surface area contributed by atoms with Crippen molar-refractivity contribution in [2.75, 3.05) is 26.2 Å². The van der Waals surface area contributed by atoms with Gasteiger partial charge in [-0.05, 0) is 30.5 Å². The second kappa shape index (κ2) is 13.1. The lowest BCUT2D eigenvalue weighted by Crippen LogP contribution is -2.56. The summed E-state index contributed by atoms with van der Waals surface area (Å²) in [6.45, 7) is 8.99. The van der Waals surface area contributed by atoms with Crippen molar-refractivity contribution in [1.29, 1.82) is 0 Å². The summed E-state index contributed by atoms with van der Waals surface area (Å²) < 4.78 is 0.871. The molecule has 3 unspecified atom stereocenters. The molecule has 2 bridgehead atoms. The van der Waals surface area contributed by atoms with Gasteiger partial charge in [0.1, 0.15) is 18.2 Å². The lowest BCUT2D eigenvalue weighted by molar-refractivity contribution is -0.145. The van der Waals surface area contributed by atoms with Crippen molar-refractivity contribution in [3.05, 3.63) is 85.5 Å². The highest BCUT2D eigenvalue weighted by atomic mass is 79.9. The minimum Gasteiger partial charge on any atom is -0.396 e. The Morgan fingerprint density at radius 3 is 2.51 bits per heavy atom. The molecular formula is C33H37BrN6O4S. The van der Waals surface area contributed by atoms with Crippen molar-refractivity contribution < 1.29 is 19.5 Å². The number of aliphatic hydroxyl groups is 1. The number of likely N-dealkylation sites (tertiary alicyclic amines) is 1. The molecule has 2 aromatic carbocycles. The van der Waals surface area contributed by atoms with Crippen molar-refractivity contribution in [3.63, 3.8) is 0 Å². The molecule has 4 heterocycles. The standard InChI is InChI=1S/C33H37BrN6O4S/c1-3-15-37(20-22-11-6-5-7-12-22)30(42)26-27-31(43)39(17-10-18-41)29(33(27)19-23(34)28(26)45-33)32(44)38(16-4-2)21-40-25-14-9-8-13-24(25)35-36-40/h3-9,11-14,23,26-29,41H,1-2,10,15-21H2/t23?,26-,27-,28-,29?,33?/m0/s1. The van der Waals surface area contributed by atoms with Crippen molar-refractivity contribution in [2.24, 2.45) is 11.8 Å². The predicted octanol–water partition coefficient (Wildman–Crippen LogP) is 3.47. The van der Waals surface area contributed by atoms with Gasteiger partial charge in [0.05, 0.1) is 22.1 Å². The van der Waals surface area contributed by atoms with E-state index in [4.69, 9.17) is 0 Å². The van der Waals surface area contributed by atoms with E-state index in [0.29, 0.717) is 25.9 Å². The molecule has 0 aliphatic carbocycles. The third-order valence-corrected chi connectivity index (χ3v) is 12.3. The summed E-state index contributed by atoms with van der Waals surface area (Å²) in [5, 5.41) is 18.1. The number of para-hydroxylation sites is 1. The summed E-state index contributed by atoms with van der Waals surface area (Å²) >= 11 is 5.46. The highest BCUT2D eigenvalue weighted by molar-refractivity contribution is 9.09. The van der Waals surface area contributed by atoms with E-state index in [0.717, 1.165) is 16.6 Å². The summed E-state index contributed by atoms with van der Waals surface area (Å²) in [4.78, 5) is 48.6. The maximum absolute atomic E-state index is 14.7. The number of hydrogen-bond donors (Lipinski definition) is 1. The number of hydrogen-bond acceptors (Lipinski definition) is 7. The maximum Gasteiger partial charge on any atom is 0.248 e. The van der Waals surface area contributed by atoms with Gasteiger partial charge in [0.25, 0.3) is 0 Å². The van der Waals surface area contributed by atoms with Crippen LogP contribution in [-0.2, 0) is 27.6 Å². The molecule has 3 aromatic rings. The molecule has 45 heavy (non-hydrogen) atoms. The number of thioether (sulfide) groups is 1. The average molecular weight is 694 g/mol. The fraction of sp³-hybridized carbons (Fsp3) is 0.424. The Labute approximate surface area is 275 Å². The van der Waals surface area contributed by atoms with Crippen LogP contribution in [0.15, 0.2) is 79.9 Å². The molecule has 0 radical (unpaired) electrons. The van der Waals surface area contributed by atoms with E-state index < -0.39 is 22.6 Å². The molecular weight excluding hydrogens is 656 g/mol. The highest BCUT2D eigenvalue weighted by Gasteiger charge is 2.76. The van der Waals surface area contributed by atoms with E-state index in [2.05, 4.69) is 39.4 Å². The molecule has 1 aromatic heterocycles. The third kappa shape index (κ3) is 5.50. The summed E-state index contributed by atoms with van der Waals surface area (Å²) in [7, 11) is 0. The first kappa shape index (κ1) is 31.5. The Hall–Kier alpha value is -3.48. The Kier molecular flexibility index (Phi) is 9.17.